The number of rotatable bonds is 8. The Balaban J connectivity index is 1.53. The van der Waals surface area contributed by atoms with Crippen molar-refractivity contribution in [3.05, 3.63) is 41.6 Å². The van der Waals surface area contributed by atoms with Gasteiger partial charge in [0.2, 0.25) is 0 Å². The number of nitrogens with zero attached hydrogens (tertiary/aromatic N) is 7. The standard InChI is InChI=1S/C24H31F4N7O2Si/c1-38(2,3)11-10-37-16-34-20-12-17(25)4-5-19(20)31-21(34)14-33-22-18(24(26,27)28)13-30-35(22)15-29-23(33)32-6-8-36-9-7-32/h4-5,12-13,15,23H,6-11,14,16H2,1-3H3. The van der Waals surface area contributed by atoms with Gasteiger partial charge < -0.3 is 18.9 Å². The summed E-state index contributed by atoms with van der Waals surface area (Å²) in [6.45, 7) is 9.26. The second kappa shape index (κ2) is 10.4. The van der Waals surface area contributed by atoms with Crippen molar-refractivity contribution < 1.29 is 27.0 Å². The maximum absolute atomic E-state index is 14.2. The summed E-state index contributed by atoms with van der Waals surface area (Å²) in [6, 6.07) is 5.18. The van der Waals surface area contributed by atoms with E-state index in [9.17, 15) is 17.6 Å². The molecule has 206 valence electrons. The van der Waals surface area contributed by atoms with Crippen LogP contribution in [0.15, 0.2) is 29.4 Å². The van der Waals surface area contributed by atoms with Gasteiger partial charge in [-0.15, -0.1) is 0 Å². The van der Waals surface area contributed by atoms with Crippen LogP contribution in [0.1, 0.15) is 11.4 Å². The molecule has 4 heterocycles. The largest absolute Gasteiger partial charge is 0.421 e. The first-order valence-electron chi connectivity index (χ1n) is 12.5. The third kappa shape index (κ3) is 5.62. The SMILES string of the molecule is C[Si](C)(C)CCOCn1c(CN2c3c(C(F)(F)F)cnn3C=NC2N2CCOCC2)nc2ccc(F)cc21. The third-order valence-electron chi connectivity index (χ3n) is 6.62. The average Bonchev–Trinajstić information content (AvgIpc) is 3.44. The maximum Gasteiger partial charge on any atom is 0.421 e. The van der Waals surface area contributed by atoms with Gasteiger partial charge in [-0.25, -0.2) is 19.0 Å². The number of hydrogen-bond acceptors (Lipinski definition) is 7. The van der Waals surface area contributed by atoms with E-state index in [2.05, 4.69) is 34.7 Å². The number of benzene rings is 1. The van der Waals surface area contributed by atoms with Gasteiger partial charge in [0.1, 0.15) is 36.1 Å². The first-order chi connectivity index (χ1) is 18.0. The highest BCUT2D eigenvalue weighted by Gasteiger charge is 2.42. The molecule has 2 aliphatic heterocycles. The highest BCUT2D eigenvalue weighted by atomic mass is 28.3. The lowest BCUT2D eigenvalue weighted by molar-refractivity contribution is -0.137. The number of hydrogen-bond donors (Lipinski definition) is 0. The number of aliphatic imine (C=N–C) groups is 1. The monoisotopic (exact) mass is 553 g/mol. The van der Waals surface area contributed by atoms with Crippen LogP contribution < -0.4 is 4.90 Å². The molecule has 3 aromatic rings. The summed E-state index contributed by atoms with van der Waals surface area (Å²) in [7, 11) is -1.34. The smallest absolute Gasteiger partial charge is 0.379 e. The fourth-order valence-corrected chi connectivity index (χ4v) is 5.35. The molecule has 1 saturated heterocycles. The van der Waals surface area contributed by atoms with Crippen molar-refractivity contribution in [2.75, 3.05) is 37.8 Å². The average molecular weight is 554 g/mol. The number of alkyl halides is 3. The van der Waals surface area contributed by atoms with E-state index in [1.807, 2.05) is 4.90 Å². The van der Waals surface area contributed by atoms with Gasteiger partial charge in [-0.2, -0.15) is 18.3 Å². The highest BCUT2D eigenvalue weighted by Crippen LogP contribution is 2.39. The Morgan fingerprint density at radius 2 is 1.92 bits per heavy atom. The molecule has 2 aromatic heterocycles. The zero-order valence-electron chi connectivity index (χ0n) is 21.6. The second-order valence-corrected chi connectivity index (χ2v) is 16.3. The lowest BCUT2D eigenvalue weighted by Crippen LogP contribution is -2.54. The summed E-state index contributed by atoms with van der Waals surface area (Å²) >= 11 is 0. The van der Waals surface area contributed by atoms with Gasteiger partial charge in [0.25, 0.3) is 0 Å². The summed E-state index contributed by atoms with van der Waals surface area (Å²) in [4.78, 5) is 12.7. The molecule has 0 amide bonds. The van der Waals surface area contributed by atoms with E-state index in [1.165, 1.54) is 18.5 Å². The van der Waals surface area contributed by atoms with Crippen LogP contribution in [0.4, 0.5) is 23.4 Å². The number of fused-ring (bicyclic) bond motifs is 2. The van der Waals surface area contributed by atoms with Gasteiger partial charge in [0.15, 0.2) is 6.29 Å². The van der Waals surface area contributed by atoms with Crippen LogP contribution in [-0.4, -0.2) is 77.8 Å². The van der Waals surface area contributed by atoms with E-state index in [4.69, 9.17) is 9.47 Å². The minimum Gasteiger partial charge on any atom is -0.379 e. The maximum atomic E-state index is 14.2. The summed E-state index contributed by atoms with van der Waals surface area (Å²) in [6.07, 6.45) is -3.20. The molecule has 5 rings (SSSR count). The molecule has 1 atom stereocenters. The number of anilines is 1. The third-order valence-corrected chi connectivity index (χ3v) is 8.33. The summed E-state index contributed by atoms with van der Waals surface area (Å²) in [5.41, 5.74) is 0.186. The predicted octanol–water partition coefficient (Wildman–Crippen LogP) is 4.22. The van der Waals surface area contributed by atoms with Crippen molar-refractivity contribution in [3.63, 3.8) is 0 Å². The van der Waals surface area contributed by atoms with Crippen molar-refractivity contribution in [2.24, 2.45) is 4.99 Å². The Bertz CT molecular complexity index is 1310. The minimum absolute atomic E-state index is 0.0260. The fourth-order valence-electron chi connectivity index (χ4n) is 4.59. The zero-order valence-corrected chi connectivity index (χ0v) is 22.6. The molecule has 9 nitrogen and oxygen atoms in total. The molecule has 0 radical (unpaired) electrons. The zero-order chi connectivity index (χ0) is 27.1. The van der Waals surface area contributed by atoms with Crippen LogP contribution in [0.3, 0.4) is 0 Å². The van der Waals surface area contributed by atoms with Crippen LogP contribution in [-0.2, 0) is 28.9 Å². The van der Waals surface area contributed by atoms with Gasteiger partial charge >= 0.3 is 6.18 Å². The van der Waals surface area contributed by atoms with Gasteiger partial charge in [0.05, 0.1) is 37.0 Å². The fraction of sp³-hybridized carbons (Fsp3) is 0.542. The first-order valence-corrected chi connectivity index (χ1v) is 16.2. The minimum atomic E-state index is -4.62. The Morgan fingerprint density at radius 3 is 2.63 bits per heavy atom. The second-order valence-electron chi connectivity index (χ2n) is 10.6. The molecule has 2 aliphatic rings. The Morgan fingerprint density at radius 1 is 1.16 bits per heavy atom. The quantitative estimate of drug-likeness (QED) is 0.236. The van der Waals surface area contributed by atoms with Crippen molar-refractivity contribution in [1.29, 1.82) is 0 Å². The molecule has 1 unspecified atom stereocenters. The van der Waals surface area contributed by atoms with E-state index in [1.54, 1.807) is 15.5 Å². The summed E-state index contributed by atoms with van der Waals surface area (Å²) in [5.74, 6) is -0.109. The highest BCUT2D eigenvalue weighted by molar-refractivity contribution is 6.76. The van der Waals surface area contributed by atoms with Crippen molar-refractivity contribution in [1.82, 2.24) is 24.2 Å². The molecule has 14 heteroatoms. The van der Waals surface area contributed by atoms with Crippen LogP contribution in [0.25, 0.3) is 11.0 Å². The van der Waals surface area contributed by atoms with E-state index < -0.39 is 31.9 Å². The van der Waals surface area contributed by atoms with E-state index >= 15 is 0 Å². The van der Waals surface area contributed by atoms with Crippen LogP contribution in [0, 0.1) is 5.82 Å². The molecule has 1 fully saturated rings. The lowest BCUT2D eigenvalue weighted by atomic mass is 10.2. The van der Waals surface area contributed by atoms with Crippen molar-refractivity contribution >= 4 is 31.3 Å². The van der Waals surface area contributed by atoms with Crippen molar-refractivity contribution in [3.8, 4) is 0 Å². The Hall–Kier alpha value is -2.81. The number of halogens is 4. The number of morpholine rings is 1. The number of aromatic nitrogens is 4. The molecule has 0 N–H and O–H groups in total. The van der Waals surface area contributed by atoms with E-state index in [0.29, 0.717) is 49.8 Å². The van der Waals surface area contributed by atoms with Crippen LogP contribution >= 0.6 is 0 Å². The Labute approximate surface area is 218 Å². The molecular formula is C24H31F4N7O2Si. The normalized spacial score (nSPS) is 18.9. The molecule has 0 spiro atoms. The number of imidazole rings is 1. The van der Waals surface area contributed by atoms with Crippen LogP contribution in [0.5, 0.6) is 0 Å². The molecular weight excluding hydrogens is 522 g/mol. The number of ether oxygens (including phenoxy) is 2. The van der Waals surface area contributed by atoms with E-state index in [0.717, 1.165) is 16.9 Å². The van der Waals surface area contributed by atoms with Gasteiger partial charge in [-0.3, -0.25) is 4.90 Å². The molecule has 0 aliphatic carbocycles. The van der Waals surface area contributed by atoms with Crippen LogP contribution in [0.2, 0.25) is 25.7 Å². The molecule has 1 aromatic carbocycles. The first kappa shape index (κ1) is 26.8. The van der Waals surface area contributed by atoms with Gasteiger partial charge in [-0.05, 0) is 24.2 Å². The topological polar surface area (TPSA) is 72.9 Å². The Kier molecular flexibility index (Phi) is 7.33. The predicted molar refractivity (Wildman–Crippen MR) is 137 cm³/mol. The van der Waals surface area contributed by atoms with Gasteiger partial charge in [0, 0.05) is 27.8 Å². The van der Waals surface area contributed by atoms with Crippen molar-refractivity contribution in [2.45, 2.75) is 51.4 Å². The summed E-state index contributed by atoms with van der Waals surface area (Å²) in [5, 5.41) is 3.92. The van der Waals surface area contributed by atoms with E-state index in [-0.39, 0.29) is 19.1 Å². The summed E-state index contributed by atoms with van der Waals surface area (Å²) < 4.78 is 70.6. The molecule has 38 heavy (non-hydrogen) atoms. The molecule has 0 bridgehead atoms. The van der Waals surface area contributed by atoms with Gasteiger partial charge in [-0.1, -0.05) is 19.6 Å². The lowest BCUT2D eigenvalue weighted by Gasteiger charge is -2.41. The molecule has 0 saturated carbocycles.